The normalized spacial score (nSPS) is 23.9. The number of hydrogen-bond donors (Lipinski definition) is 1. The largest absolute Gasteiger partial charge is 0.450 e. The van der Waals surface area contributed by atoms with E-state index in [-0.39, 0.29) is 6.09 Å². The Balaban J connectivity index is 1.75. The van der Waals surface area contributed by atoms with Crippen LogP contribution in [0.2, 0.25) is 0 Å². The highest BCUT2D eigenvalue weighted by Gasteiger charge is 2.26. The highest BCUT2D eigenvalue weighted by Crippen LogP contribution is 2.23. The molecule has 2 aliphatic heterocycles. The molecule has 2 rings (SSSR count). The van der Waals surface area contributed by atoms with E-state index in [1.165, 1.54) is 0 Å². The van der Waals surface area contributed by atoms with Crippen LogP contribution in [0.25, 0.3) is 0 Å². The van der Waals surface area contributed by atoms with Crippen LogP contribution in [-0.4, -0.2) is 53.7 Å². The van der Waals surface area contributed by atoms with E-state index in [1.54, 1.807) is 4.90 Å². The van der Waals surface area contributed by atoms with Crippen molar-refractivity contribution in [2.24, 2.45) is 10.9 Å². The Hall–Kier alpha value is -0.910. The number of hydrogen-bond acceptors (Lipinski definition) is 5. The van der Waals surface area contributed by atoms with Crippen LogP contribution in [-0.2, 0) is 4.74 Å². The summed E-state index contributed by atoms with van der Waals surface area (Å²) in [6, 6.07) is 0.875. The van der Waals surface area contributed by atoms with Crippen LogP contribution in [0, 0.1) is 5.92 Å². The van der Waals surface area contributed by atoms with E-state index < -0.39 is 0 Å². The molecule has 2 aliphatic rings. The fourth-order valence-electron chi connectivity index (χ4n) is 2.41. The van der Waals surface area contributed by atoms with E-state index in [0.29, 0.717) is 24.6 Å². The monoisotopic (exact) mass is 299 g/mol. The summed E-state index contributed by atoms with van der Waals surface area (Å²) in [6.07, 6.45) is 1.74. The zero-order valence-corrected chi connectivity index (χ0v) is 13.4. The van der Waals surface area contributed by atoms with E-state index >= 15 is 0 Å². The third kappa shape index (κ3) is 4.04. The highest BCUT2D eigenvalue weighted by molar-refractivity contribution is 8.14. The van der Waals surface area contributed by atoms with Crippen LogP contribution >= 0.6 is 11.8 Å². The minimum atomic E-state index is -0.182. The molecule has 114 valence electrons. The van der Waals surface area contributed by atoms with Crippen LogP contribution in [0.3, 0.4) is 0 Å². The minimum Gasteiger partial charge on any atom is -0.450 e. The molecule has 1 fully saturated rings. The van der Waals surface area contributed by atoms with E-state index in [4.69, 9.17) is 9.73 Å². The molecule has 1 N–H and O–H groups in total. The molecule has 0 bridgehead atoms. The molecule has 1 saturated heterocycles. The van der Waals surface area contributed by atoms with Crippen molar-refractivity contribution in [1.82, 2.24) is 10.2 Å². The SMILES string of the molecule is CCOC(=O)N1CCC(NC2=NC(C(C)C)CS2)CC1. The molecule has 0 aliphatic carbocycles. The number of aliphatic imine (C=N–C) groups is 1. The third-order valence-electron chi connectivity index (χ3n) is 3.79. The molecule has 2 heterocycles. The first-order valence-corrected chi connectivity index (χ1v) is 8.47. The van der Waals surface area contributed by atoms with Crippen molar-refractivity contribution in [3.8, 4) is 0 Å². The Morgan fingerprint density at radius 3 is 2.75 bits per heavy atom. The maximum absolute atomic E-state index is 11.6. The quantitative estimate of drug-likeness (QED) is 0.869. The average Bonchev–Trinajstić information content (AvgIpc) is 2.88. The molecule has 1 unspecified atom stereocenters. The van der Waals surface area contributed by atoms with Gasteiger partial charge in [0.15, 0.2) is 5.17 Å². The molecule has 0 aromatic carbocycles. The van der Waals surface area contributed by atoms with Gasteiger partial charge in [0.05, 0.1) is 12.6 Å². The van der Waals surface area contributed by atoms with Crippen molar-refractivity contribution in [2.75, 3.05) is 25.4 Å². The van der Waals surface area contributed by atoms with Gasteiger partial charge < -0.3 is 15.0 Å². The third-order valence-corrected chi connectivity index (χ3v) is 4.80. The van der Waals surface area contributed by atoms with E-state index in [1.807, 2.05) is 18.7 Å². The number of rotatable bonds is 3. The number of amides is 1. The molecule has 1 atom stereocenters. The fourth-order valence-corrected chi connectivity index (χ4v) is 3.65. The Labute approximate surface area is 125 Å². The minimum absolute atomic E-state index is 0.182. The Kier molecular flexibility index (Phi) is 5.57. The average molecular weight is 299 g/mol. The van der Waals surface area contributed by atoms with Gasteiger partial charge in [0.25, 0.3) is 0 Å². The molecule has 0 saturated carbocycles. The Morgan fingerprint density at radius 2 is 2.20 bits per heavy atom. The number of carbonyl (C=O) groups excluding carboxylic acids is 1. The molecule has 20 heavy (non-hydrogen) atoms. The van der Waals surface area contributed by atoms with E-state index in [0.717, 1.165) is 36.9 Å². The summed E-state index contributed by atoms with van der Waals surface area (Å²) in [5.74, 6) is 1.69. The maximum Gasteiger partial charge on any atom is 0.409 e. The predicted molar refractivity (Wildman–Crippen MR) is 83.3 cm³/mol. The topological polar surface area (TPSA) is 53.9 Å². The summed E-state index contributed by atoms with van der Waals surface area (Å²) in [4.78, 5) is 18.1. The number of nitrogens with one attached hydrogen (secondary N) is 1. The summed E-state index contributed by atoms with van der Waals surface area (Å²) in [7, 11) is 0. The zero-order valence-electron chi connectivity index (χ0n) is 12.6. The second-order valence-corrected chi connectivity index (χ2v) is 6.67. The van der Waals surface area contributed by atoms with Gasteiger partial charge in [-0.15, -0.1) is 0 Å². The first-order chi connectivity index (χ1) is 9.60. The first-order valence-electron chi connectivity index (χ1n) is 7.49. The van der Waals surface area contributed by atoms with Crippen LogP contribution in [0.15, 0.2) is 4.99 Å². The Morgan fingerprint density at radius 1 is 1.50 bits per heavy atom. The van der Waals surface area contributed by atoms with Crippen molar-refractivity contribution in [3.63, 3.8) is 0 Å². The molecular formula is C14H25N3O2S. The standard InChI is InChI=1S/C14H25N3O2S/c1-4-19-14(18)17-7-5-11(6-8-17)15-13-16-12(9-20-13)10(2)3/h10-12H,4-9H2,1-3H3,(H,15,16). The number of nitrogens with zero attached hydrogens (tertiary/aromatic N) is 2. The van der Waals surface area contributed by atoms with Gasteiger partial charge in [-0.25, -0.2) is 4.79 Å². The lowest BCUT2D eigenvalue weighted by Gasteiger charge is -2.31. The second-order valence-electron chi connectivity index (χ2n) is 5.66. The molecular weight excluding hydrogens is 274 g/mol. The Bertz CT molecular complexity index is 365. The lowest BCUT2D eigenvalue weighted by Crippen LogP contribution is -2.46. The van der Waals surface area contributed by atoms with E-state index in [2.05, 4.69) is 19.2 Å². The van der Waals surface area contributed by atoms with Gasteiger partial charge in [0.2, 0.25) is 0 Å². The highest BCUT2D eigenvalue weighted by atomic mass is 32.2. The molecule has 6 heteroatoms. The summed E-state index contributed by atoms with van der Waals surface area (Å²) in [5.41, 5.74) is 0. The van der Waals surface area contributed by atoms with Gasteiger partial charge in [-0.1, -0.05) is 25.6 Å². The molecule has 1 amide bonds. The number of piperidine rings is 1. The number of ether oxygens (including phenoxy) is 1. The van der Waals surface area contributed by atoms with Crippen LogP contribution < -0.4 is 5.32 Å². The molecule has 0 radical (unpaired) electrons. The van der Waals surface area contributed by atoms with Crippen LogP contribution in [0.1, 0.15) is 33.6 Å². The van der Waals surface area contributed by atoms with Gasteiger partial charge in [-0.2, -0.15) is 0 Å². The molecule has 0 aromatic heterocycles. The second kappa shape index (κ2) is 7.20. The van der Waals surface area contributed by atoms with Crippen molar-refractivity contribution in [3.05, 3.63) is 0 Å². The molecule has 0 aromatic rings. The van der Waals surface area contributed by atoms with Gasteiger partial charge in [0.1, 0.15) is 0 Å². The van der Waals surface area contributed by atoms with Crippen molar-refractivity contribution < 1.29 is 9.53 Å². The molecule has 0 spiro atoms. The number of thioether (sulfide) groups is 1. The maximum atomic E-state index is 11.6. The van der Waals surface area contributed by atoms with Gasteiger partial charge in [0, 0.05) is 24.9 Å². The summed E-state index contributed by atoms with van der Waals surface area (Å²) in [6.45, 7) is 8.25. The van der Waals surface area contributed by atoms with Crippen molar-refractivity contribution in [1.29, 1.82) is 0 Å². The number of amidine groups is 1. The van der Waals surface area contributed by atoms with Crippen LogP contribution in [0.4, 0.5) is 4.79 Å². The molecule has 5 nitrogen and oxygen atoms in total. The zero-order chi connectivity index (χ0) is 14.5. The summed E-state index contributed by atoms with van der Waals surface area (Å²) < 4.78 is 5.03. The predicted octanol–water partition coefficient (Wildman–Crippen LogP) is 2.32. The van der Waals surface area contributed by atoms with Gasteiger partial charge in [-0.05, 0) is 25.7 Å². The number of carbonyl (C=O) groups is 1. The summed E-state index contributed by atoms with van der Waals surface area (Å²) >= 11 is 1.82. The smallest absolute Gasteiger partial charge is 0.409 e. The summed E-state index contributed by atoms with van der Waals surface area (Å²) in [5, 5.41) is 4.61. The van der Waals surface area contributed by atoms with Crippen LogP contribution in [0.5, 0.6) is 0 Å². The van der Waals surface area contributed by atoms with E-state index in [9.17, 15) is 4.79 Å². The lowest BCUT2D eigenvalue weighted by molar-refractivity contribution is 0.0964. The number of likely N-dealkylation sites (tertiary alicyclic amines) is 1. The lowest BCUT2D eigenvalue weighted by atomic mass is 10.1. The fraction of sp³-hybridized carbons (Fsp3) is 0.857. The first kappa shape index (κ1) is 15.5. The van der Waals surface area contributed by atoms with Gasteiger partial charge >= 0.3 is 6.09 Å². The van der Waals surface area contributed by atoms with Crippen molar-refractivity contribution in [2.45, 2.75) is 45.7 Å². The van der Waals surface area contributed by atoms with Crippen molar-refractivity contribution >= 4 is 23.0 Å². The van der Waals surface area contributed by atoms with Gasteiger partial charge in [-0.3, -0.25) is 4.99 Å².